The van der Waals surface area contributed by atoms with Crippen LogP contribution in [0.25, 0.3) is 0 Å². The van der Waals surface area contributed by atoms with Gasteiger partial charge in [-0.15, -0.1) is 0 Å². The van der Waals surface area contributed by atoms with Crippen molar-refractivity contribution in [2.45, 2.75) is 52.2 Å². The third kappa shape index (κ3) is 3.19. The molecule has 0 aromatic heterocycles. The zero-order valence-corrected chi connectivity index (χ0v) is 11.2. The van der Waals surface area contributed by atoms with Gasteiger partial charge in [0.25, 0.3) is 0 Å². The Hall–Kier alpha value is -0.120. The molecule has 3 heteroatoms. The summed E-state index contributed by atoms with van der Waals surface area (Å²) in [7, 11) is 0. The predicted molar refractivity (Wildman–Crippen MR) is 66.7 cm³/mol. The summed E-state index contributed by atoms with van der Waals surface area (Å²) in [6.45, 7) is 12.2. The van der Waals surface area contributed by atoms with Gasteiger partial charge in [-0.2, -0.15) is 0 Å². The van der Waals surface area contributed by atoms with Crippen molar-refractivity contribution in [1.82, 2.24) is 5.32 Å². The molecule has 0 amide bonds. The Morgan fingerprint density at radius 2 is 2.19 bits per heavy atom. The van der Waals surface area contributed by atoms with Crippen LogP contribution < -0.4 is 5.32 Å². The molecule has 96 valence electrons. The van der Waals surface area contributed by atoms with E-state index in [4.69, 9.17) is 9.47 Å². The topological polar surface area (TPSA) is 30.5 Å². The molecule has 1 aliphatic rings. The molecule has 1 N–H and O–H groups in total. The molecule has 0 bridgehead atoms. The lowest BCUT2D eigenvalue weighted by atomic mass is 9.83. The van der Waals surface area contributed by atoms with Crippen LogP contribution in [0, 0.1) is 5.92 Å². The van der Waals surface area contributed by atoms with Crippen LogP contribution in [-0.4, -0.2) is 38.0 Å². The maximum absolute atomic E-state index is 5.99. The van der Waals surface area contributed by atoms with Gasteiger partial charge in [-0.3, -0.25) is 0 Å². The fourth-order valence-corrected chi connectivity index (χ4v) is 2.66. The summed E-state index contributed by atoms with van der Waals surface area (Å²) in [5.41, 5.74) is -0.0663. The number of likely N-dealkylation sites (N-methyl/N-ethyl adjacent to an activating group) is 1. The van der Waals surface area contributed by atoms with Crippen LogP contribution in [0.3, 0.4) is 0 Å². The van der Waals surface area contributed by atoms with Gasteiger partial charge in [-0.05, 0) is 33.2 Å². The zero-order chi connectivity index (χ0) is 12.0. The quantitative estimate of drug-likeness (QED) is 0.726. The van der Waals surface area contributed by atoms with Gasteiger partial charge in [0, 0.05) is 25.2 Å². The molecule has 3 nitrogen and oxygen atoms in total. The normalized spacial score (nSPS) is 26.6. The molecule has 0 aromatic carbocycles. The number of nitrogens with one attached hydrogen (secondary N) is 1. The Labute approximate surface area is 99.9 Å². The van der Waals surface area contributed by atoms with Crippen molar-refractivity contribution >= 4 is 0 Å². The van der Waals surface area contributed by atoms with E-state index in [0.29, 0.717) is 12.0 Å². The molecule has 1 heterocycles. The van der Waals surface area contributed by atoms with E-state index < -0.39 is 0 Å². The van der Waals surface area contributed by atoms with Gasteiger partial charge in [0.05, 0.1) is 12.2 Å². The Morgan fingerprint density at radius 3 is 2.62 bits per heavy atom. The zero-order valence-electron chi connectivity index (χ0n) is 11.2. The highest BCUT2D eigenvalue weighted by atomic mass is 16.5. The number of hydrogen-bond donors (Lipinski definition) is 1. The number of rotatable bonds is 7. The lowest BCUT2D eigenvalue weighted by molar-refractivity contribution is -0.0694. The summed E-state index contributed by atoms with van der Waals surface area (Å²) < 4.78 is 11.5. The maximum atomic E-state index is 5.99. The molecule has 1 fully saturated rings. The second kappa shape index (κ2) is 6.58. The molecule has 16 heavy (non-hydrogen) atoms. The first-order chi connectivity index (χ1) is 7.68. The van der Waals surface area contributed by atoms with Crippen LogP contribution in [0.4, 0.5) is 0 Å². The van der Waals surface area contributed by atoms with Gasteiger partial charge >= 0.3 is 0 Å². The summed E-state index contributed by atoms with van der Waals surface area (Å²) >= 11 is 0. The first-order valence-corrected chi connectivity index (χ1v) is 6.63. The fourth-order valence-electron chi connectivity index (χ4n) is 2.66. The van der Waals surface area contributed by atoms with Crippen molar-refractivity contribution in [2.75, 3.05) is 26.4 Å². The van der Waals surface area contributed by atoms with Crippen LogP contribution in [0.15, 0.2) is 0 Å². The molecule has 0 saturated carbocycles. The molecule has 1 aliphatic heterocycles. The Balaban J connectivity index is 2.71. The van der Waals surface area contributed by atoms with Gasteiger partial charge in [-0.25, -0.2) is 0 Å². The predicted octanol–water partition coefficient (Wildman–Crippen LogP) is 2.21. The lowest BCUT2D eigenvalue weighted by Crippen LogP contribution is -2.54. The van der Waals surface area contributed by atoms with Crippen molar-refractivity contribution in [3.63, 3.8) is 0 Å². The van der Waals surface area contributed by atoms with E-state index >= 15 is 0 Å². The highest BCUT2D eigenvalue weighted by molar-refractivity contribution is 4.94. The second-order valence-corrected chi connectivity index (χ2v) is 4.76. The fraction of sp³-hybridized carbons (Fsp3) is 1.00. The van der Waals surface area contributed by atoms with Gasteiger partial charge in [0.1, 0.15) is 0 Å². The Bertz CT molecular complexity index is 192. The van der Waals surface area contributed by atoms with E-state index in [9.17, 15) is 0 Å². The van der Waals surface area contributed by atoms with E-state index in [0.717, 1.165) is 39.2 Å². The molecule has 1 saturated heterocycles. The number of hydrogen-bond acceptors (Lipinski definition) is 3. The Kier molecular flexibility index (Phi) is 5.73. The third-order valence-electron chi connectivity index (χ3n) is 3.69. The molecule has 0 spiro atoms. The van der Waals surface area contributed by atoms with Crippen LogP contribution in [0.1, 0.15) is 40.5 Å². The van der Waals surface area contributed by atoms with E-state index in [-0.39, 0.29) is 5.60 Å². The van der Waals surface area contributed by atoms with Gasteiger partial charge < -0.3 is 14.8 Å². The summed E-state index contributed by atoms with van der Waals surface area (Å²) in [6.07, 6.45) is 2.19. The molecule has 0 aromatic rings. The molecule has 0 aliphatic carbocycles. The third-order valence-corrected chi connectivity index (χ3v) is 3.69. The van der Waals surface area contributed by atoms with Crippen LogP contribution in [0.5, 0.6) is 0 Å². The van der Waals surface area contributed by atoms with E-state index in [1.807, 2.05) is 0 Å². The molecule has 1 rings (SSSR count). The molecule has 3 atom stereocenters. The van der Waals surface area contributed by atoms with Crippen LogP contribution in [-0.2, 0) is 9.47 Å². The highest BCUT2D eigenvalue weighted by Gasteiger charge is 2.39. The van der Waals surface area contributed by atoms with Gasteiger partial charge in [0.2, 0.25) is 0 Å². The van der Waals surface area contributed by atoms with Gasteiger partial charge in [0.15, 0.2) is 0 Å². The smallest absolute Gasteiger partial charge is 0.0807 e. The highest BCUT2D eigenvalue weighted by Crippen LogP contribution is 2.29. The average molecular weight is 229 g/mol. The first kappa shape index (κ1) is 13.9. The SMILES string of the molecule is CCNC(C1CCOC1)C(C)(CC)OCC. The minimum atomic E-state index is -0.0663. The van der Waals surface area contributed by atoms with Gasteiger partial charge in [-0.1, -0.05) is 13.8 Å². The lowest BCUT2D eigenvalue weighted by Gasteiger charge is -2.40. The van der Waals surface area contributed by atoms with E-state index in [1.54, 1.807) is 0 Å². The minimum Gasteiger partial charge on any atom is -0.381 e. The monoisotopic (exact) mass is 229 g/mol. The maximum Gasteiger partial charge on any atom is 0.0807 e. The molecular weight excluding hydrogens is 202 g/mol. The second-order valence-electron chi connectivity index (χ2n) is 4.76. The molecule has 0 radical (unpaired) electrons. The standard InChI is InChI=1S/C13H27NO2/c1-5-13(4,16-7-3)12(14-6-2)11-8-9-15-10-11/h11-12,14H,5-10H2,1-4H3. The van der Waals surface area contributed by atoms with Crippen molar-refractivity contribution in [3.05, 3.63) is 0 Å². The summed E-state index contributed by atoms with van der Waals surface area (Å²) in [6, 6.07) is 0.407. The van der Waals surface area contributed by atoms with Crippen LogP contribution >= 0.6 is 0 Å². The molecular formula is C13H27NO2. The summed E-state index contributed by atoms with van der Waals surface area (Å²) in [5.74, 6) is 0.594. The molecule has 3 unspecified atom stereocenters. The number of ether oxygens (including phenoxy) is 2. The van der Waals surface area contributed by atoms with E-state index in [2.05, 4.69) is 33.0 Å². The Morgan fingerprint density at radius 1 is 1.44 bits per heavy atom. The van der Waals surface area contributed by atoms with Crippen LogP contribution in [0.2, 0.25) is 0 Å². The summed E-state index contributed by atoms with van der Waals surface area (Å²) in [4.78, 5) is 0. The van der Waals surface area contributed by atoms with E-state index in [1.165, 1.54) is 0 Å². The van der Waals surface area contributed by atoms with Crippen molar-refractivity contribution < 1.29 is 9.47 Å². The average Bonchev–Trinajstić information content (AvgIpc) is 2.79. The van der Waals surface area contributed by atoms with Crippen molar-refractivity contribution in [3.8, 4) is 0 Å². The first-order valence-electron chi connectivity index (χ1n) is 6.63. The summed E-state index contributed by atoms with van der Waals surface area (Å²) in [5, 5.41) is 3.60. The van der Waals surface area contributed by atoms with Crippen molar-refractivity contribution in [1.29, 1.82) is 0 Å². The van der Waals surface area contributed by atoms with Crippen molar-refractivity contribution in [2.24, 2.45) is 5.92 Å². The largest absolute Gasteiger partial charge is 0.381 e. The minimum absolute atomic E-state index is 0.0663.